The van der Waals surface area contributed by atoms with Crippen LogP contribution < -0.4 is 10.9 Å². The number of carboxylic acids is 1. The Morgan fingerprint density at radius 2 is 1.77 bits per heavy atom. The molecule has 0 aromatic carbocycles. The summed E-state index contributed by atoms with van der Waals surface area (Å²) in [4.78, 5) is 51.8. The summed E-state index contributed by atoms with van der Waals surface area (Å²) in [6.07, 6.45) is 3.90. The summed E-state index contributed by atoms with van der Waals surface area (Å²) in [6, 6.07) is 1.32. The number of carbonyl (C=O) groups is 3. The molecule has 3 rings (SSSR count). The Kier molecular flexibility index (Phi) is 4.50. The fourth-order valence-electron chi connectivity index (χ4n) is 4.03. The summed E-state index contributed by atoms with van der Waals surface area (Å²) < 4.78 is 0. The van der Waals surface area contributed by atoms with Crippen molar-refractivity contribution >= 4 is 17.7 Å². The average molecular weight is 360 g/mol. The number of ketones is 1. The van der Waals surface area contributed by atoms with E-state index in [0.717, 1.165) is 6.42 Å². The van der Waals surface area contributed by atoms with Gasteiger partial charge in [0, 0.05) is 17.7 Å². The molecule has 140 valence electrons. The van der Waals surface area contributed by atoms with Gasteiger partial charge in [-0.25, -0.2) is 4.79 Å². The number of carbonyl (C=O) groups excluding carboxylic acids is 2. The Morgan fingerprint density at radius 1 is 1.12 bits per heavy atom. The highest BCUT2D eigenvalue weighted by Crippen LogP contribution is 2.33. The van der Waals surface area contributed by atoms with Crippen LogP contribution in [0.5, 0.6) is 0 Å². The molecule has 0 radical (unpaired) electrons. The van der Waals surface area contributed by atoms with Crippen LogP contribution in [0.2, 0.25) is 0 Å². The van der Waals surface area contributed by atoms with Crippen LogP contribution in [0.3, 0.4) is 0 Å². The fraction of sp³-hybridized carbons (Fsp3) is 0.579. The lowest BCUT2D eigenvalue weighted by Gasteiger charge is -2.34. The molecule has 0 spiro atoms. The normalized spacial score (nSPS) is 20.9. The Labute approximate surface area is 151 Å². The number of rotatable bonds is 3. The lowest BCUT2D eigenvalue weighted by atomic mass is 9.75. The molecule has 1 amide bonds. The van der Waals surface area contributed by atoms with Crippen molar-refractivity contribution in [3.8, 4) is 0 Å². The van der Waals surface area contributed by atoms with Gasteiger partial charge in [-0.2, -0.15) is 0 Å². The van der Waals surface area contributed by atoms with Gasteiger partial charge in [-0.1, -0.05) is 33.1 Å². The van der Waals surface area contributed by atoms with Crippen molar-refractivity contribution in [2.24, 2.45) is 5.41 Å². The number of hydrogen-bond acceptors (Lipinski definition) is 4. The molecular weight excluding hydrogens is 336 g/mol. The molecule has 3 N–H and O–H groups in total. The van der Waals surface area contributed by atoms with Crippen LogP contribution in [0.15, 0.2) is 10.9 Å². The average Bonchev–Trinajstić information content (AvgIpc) is 2.53. The molecule has 2 aliphatic rings. The number of aromatic nitrogens is 1. The molecule has 0 saturated heterocycles. The largest absolute Gasteiger partial charge is 0.480 e. The number of fused-ring (bicyclic) bond motifs is 1. The van der Waals surface area contributed by atoms with Gasteiger partial charge >= 0.3 is 5.97 Å². The van der Waals surface area contributed by atoms with Crippen LogP contribution in [0.25, 0.3) is 0 Å². The van der Waals surface area contributed by atoms with E-state index in [1.54, 1.807) is 0 Å². The molecule has 7 nitrogen and oxygen atoms in total. The third kappa shape index (κ3) is 3.30. The molecule has 7 heteroatoms. The summed E-state index contributed by atoms with van der Waals surface area (Å²) in [7, 11) is 0. The van der Waals surface area contributed by atoms with Crippen molar-refractivity contribution in [1.82, 2.24) is 10.3 Å². The standard InChI is InChI=1S/C19H24N2O5/c1-18(2)9-13-11(14(22)10-18)8-12(15(23)20-13)16(24)21-19(17(25)26)6-4-3-5-7-19/h8H,3-7,9-10H2,1-2H3,(H,20,23)(H,21,24)(H,25,26). The third-order valence-electron chi connectivity index (χ3n) is 5.43. The Bertz CT molecular complexity index is 831. The zero-order valence-corrected chi connectivity index (χ0v) is 15.1. The number of hydrogen-bond donors (Lipinski definition) is 3. The number of nitrogens with one attached hydrogen (secondary N) is 2. The molecular formula is C19H24N2O5. The van der Waals surface area contributed by atoms with E-state index >= 15 is 0 Å². The lowest BCUT2D eigenvalue weighted by molar-refractivity contribution is -0.145. The predicted molar refractivity (Wildman–Crippen MR) is 94.4 cm³/mol. The highest BCUT2D eigenvalue weighted by atomic mass is 16.4. The molecule has 1 saturated carbocycles. The number of aliphatic carboxylic acids is 1. The number of H-pyrrole nitrogens is 1. The molecule has 1 heterocycles. The van der Waals surface area contributed by atoms with Crippen molar-refractivity contribution in [2.45, 2.75) is 64.3 Å². The van der Waals surface area contributed by atoms with E-state index < -0.39 is 23.0 Å². The van der Waals surface area contributed by atoms with Crippen molar-refractivity contribution < 1.29 is 19.5 Å². The lowest BCUT2D eigenvalue weighted by Crippen LogP contribution is -2.56. The molecule has 26 heavy (non-hydrogen) atoms. The van der Waals surface area contributed by atoms with Gasteiger partial charge in [0.05, 0.1) is 0 Å². The predicted octanol–water partition coefficient (Wildman–Crippen LogP) is 2.05. The van der Waals surface area contributed by atoms with Crippen molar-refractivity contribution in [2.75, 3.05) is 0 Å². The smallest absolute Gasteiger partial charge is 0.329 e. The zero-order chi connectivity index (χ0) is 19.1. The SMILES string of the molecule is CC1(C)CC(=O)c2cc(C(=O)NC3(C(=O)O)CCCCC3)c(=O)[nH]c2C1. The van der Waals surface area contributed by atoms with Gasteiger partial charge in [0.25, 0.3) is 11.5 Å². The first kappa shape index (κ1) is 18.4. The maximum absolute atomic E-state index is 12.7. The second-order valence-electron chi connectivity index (χ2n) is 8.25. The summed E-state index contributed by atoms with van der Waals surface area (Å²) in [6.45, 7) is 3.90. The first-order valence-corrected chi connectivity index (χ1v) is 8.99. The minimum Gasteiger partial charge on any atom is -0.480 e. The molecule has 0 bridgehead atoms. The highest BCUT2D eigenvalue weighted by Gasteiger charge is 2.42. The molecule has 1 aromatic heterocycles. The van der Waals surface area contributed by atoms with E-state index in [0.29, 0.717) is 49.8 Å². The van der Waals surface area contributed by atoms with Gasteiger partial charge in [-0.05, 0) is 30.7 Å². The molecule has 0 atom stereocenters. The number of carboxylic acid groups (broad SMARTS) is 1. The summed E-state index contributed by atoms with van der Waals surface area (Å²) in [5, 5.41) is 12.1. The first-order valence-electron chi connectivity index (χ1n) is 8.99. The maximum atomic E-state index is 12.7. The second kappa shape index (κ2) is 6.37. The van der Waals surface area contributed by atoms with Gasteiger partial charge in [0.2, 0.25) is 0 Å². The molecule has 0 unspecified atom stereocenters. The topological polar surface area (TPSA) is 116 Å². The van der Waals surface area contributed by atoms with Gasteiger partial charge in [-0.15, -0.1) is 0 Å². The molecule has 1 fully saturated rings. The van der Waals surface area contributed by atoms with Crippen molar-refractivity contribution in [3.63, 3.8) is 0 Å². The van der Waals surface area contributed by atoms with Crippen LogP contribution in [0.4, 0.5) is 0 Å². The summed E-state index contributed by atoms with van der Waals surface area (Å²) in [5.74, 6) is -1.94. The number of amides is 1. The van der Waals surface area contributed by atoms with Gasteiger partial charge in [0.15, 0.2) is 5.78 Å². The van der Waals surface area contributed by atoms with Crippen molar-refractivity contribution in [3.05, 3.63) is 33.2 Å². The Hall–Kier alpha value is -2.44. The van der Waals surface area contributed by atoms with Crippen LogP contribution in [-0.2, 0) is 11.2 Å². The van der Waals surface area contributed by atoms with E-state index in [-0.39, 0.29) is 16.8 Å². The van der Waals surface area contributed by atoms with Crippen molar-refractivity contribution in [1.29, 1.82) is 0 Å². The monoisotopic (exact) mass is 360 g/mol. The first-order chi connectivity index (χ1) is 12.1. The van der Waals surface area contributed by atoms with Gasteiger partial charge in [-0.3, -0.25) is 14.4 Å². The quantitative estimate of drug-likeness (QED) is 0.763. The number of Topliss-reactive ketones (excluding diaryl/α,β-unsaturated/α-hetero) is 1. The third-order valence-corrected chi connectivity index (χ3v) is 5.43. The van der Waals surface area contributed by atoms with Crippen LogP contribution >= 0.6 is 0 Å². The van der Waals surface area contributed by atoms with E-state index in [2.05, 4.69) is 10.3 Å². The second-order valence-corrected chi connectivity index (χ2v) is 8.25. The zero-order valence-electron chi connectivity index (χ0n) is 15.1. The molecule has 0 aliphatic heterocycles. The van der Waals surface area contributed by atoms with Gasteiger partial charge < -0.3 is 15.4 Å². The summed E-state index contributed by atoms with van der Waals surface area (Å²) >= 11 is 0. The van der Waals surface area contributed by atoms with E-state index in [1.807, 2.05) is 13.8 Å². The molecule has 2 aliphatic carbocycles. The minimum atomic E-state index is -1.34. The van der Waals surface area contributed by atoms with Crippen LogP contribution in [-0.4, -0.2) is 33.3 Å². The fourth-order valence-corrected chi connectivity index (χ4v) is 4.03. The summed E-state index contributed by atoms with van der Waals surface area (Å²) in [5.41, 5.74) is -1.50. The highest BCUT2D eigenvalue weighted by molar-refractivity contribution is 6.03. The van der Waals surface area contributed by atoms with E-state index in [9.17, 15) is 24.3 Å². The Morgan fingerprint density at radius 3 is 2.38 bits per heavy atom. The number of aromatic amines is 1. The maximum Gasteiger partial charge on any atom is 0.329 e. The molecule has 1 aromatic rings. The van der Waals surface area contributed by atoms with E-state index in [4.69, 9.17) is 0 Å². The van der Waals surface area contributed by atoms with Crippen LogP contribution in [0.1, 0.15) is 78.8 Å². The van der Waals surface area contributed by atoms with E-state index in [1.165, 1.54) is 6.07 Å². The minimum absolute atomic E-state index is 0.118. The van der Waals surface area contributed by atoms with Gasteiger partial charge in [0.1, 0.15) is 11.1 Å². The number of pyridine rings is 1. The van der Waals surface area contributed by atoms with Crippen LogP contribution in [0, 0.1) is 5.41 Å². The Balaban J connectivity index is 1.93.